The van der Waals surface area contributed by atoms with Crippen molar-refractivity contribution < 1.29 is 9.26 Å². The van der Waals surface area contributed by atoms with Crippen molar-refractivity contribution in [3.05, 3.63) is 21.8 Å². The number of halogens is 1. The van der Waals surface area contributed by atoms with E-state index in [1.54, 1.807) is 7.11 Å². The molecular weight excluding hydrogens is 294 g/mol. The van der Waals surface area contributed by atoms with Gasteiger partial charge in [0, 0.05) is 7.11 Å². The molecule has 1 atom stereocenters. The van der Waals surface area contributed by atoms with Crippen LogP contribution in [0.1, 0.15) is 11.9 Å². The maximum absolute atomic E-state index is 5.78. The Kier molecular flexibility index (Phi) is 3.70. The van der Waals surface area contributed by atoms with Crippen LogP contribution < -0.4 is 5.73 Å². The standard InChI is InChI=1S/C9H10BrN3O2S/c1-14-4-5(11)9-12-8(13-15-9)6-2-3-7(10)16-6/h2-3,5H,4,11H2,1H3. The van der Waals surface area contributed by atoms with Crippen molar-refractivity contribution in [2.75, 3.05) is 13.7 Å². The molecule has 2 rings (SSSR count). The SMILES string of the molecule is COCC(N)c1nc(-c2ccc(Br)s2)no1. The first kappa shape index (κ1) is 11.7. The molecule has 2 aromatic rings. The first-order chi connectivity index (χ1) is 7.70. The van der Waals surface area contributed by atoms with E-state index >= 15 is 0 Å². The summed E-state index contributed by atoms with van der Waals surface area (Å²) in [7, 11) is 1.58. The Balaban J connectivity index is 2.19. The van der Waals surface area contributed by atoms with E-state index in [-0.39, 0.29) is 6.04 Å². The minimum Gasteiger partial charge on any atom is -0.383 e. The van der Waals surface area contributed by atoms with Crippen molar-refractivity contribution in [1.82, 2.24) is 10.1 Å². The van der Waals surface area contributed by atoms with Crippen LogP contribution in [0.4, 0.5) is 0 Å². The van der Waals surface area contributed by atoms with Gasteiger partial charge in [-0.3, -0.25) is 0 Å². The monoisotopic (exact) mass is 303 g/mol. The molecule has 0 radical (unpaired) electrons. The molecule has 5 nitrogen and oxygen atoms in total. The number of thiophene rings is 1. The molecule has 0 amide bonds. The summed E-state index contributed by atoms with van der Waals surface area (Å²) in [6.07, 6.45) is 0. The van der Waals surface area contributed by atoms with E-state index in [0.717, 1.165) is 8.66 Å². The van der Waals surface area contributed by atoms with E-state index in [1.165, 1.54) is 11.3 Å². The Morgan fingerprint density at radius 2 is 2.44 bits per heavy atom. The highest BCUT2D eigenvalue weighted by molar-refractivity contribution is 9.11. The lowest BCUT2D eigenvalue weighted by Gasteiger charge is -2.02. The number of aromatic nitrogens is 2. The first-order valence-corrected chi connectivity index (χ1v) is 6.15. The van der Waals surface area contributed by atoms with Crippen LogP contribution in [0.2, 0.25) is 0 Å². The van der Waals surface area contributed by atoms with Crippen LogP contribution >= 0.6 is 27.3 Å². The van der Waals surface area contributed by atoms with Gasteiger partial charge in [0.2, 0.25) is 11.7 Å². The number of hydrogen-bond donors (Lipinski definition) is 1. The number of hydrogen-bond acceptors (Lipinski definition) is 6. The van der Waals surface area contributed by atoms with Crippen LogP contribution in [0.5, 0.6) is 0 Å². The lowest BCUT2D eigenvalue weighted by Crippen LogP contribution is -2.16. The van der Waals surface area contributed by atoms with Crippen molar-refractivity contribution in [2.24, 2.45) is 5.73 Å². The number of methoxy groups -OCH3 is 1. The van der Waals surface area contributed by atoms with Crippen molar-refractivity contribution in [1.29, 1.82) is 0 Å². The zero-order chi connectivity index (χ0) is 11.5. The van der Waals surface area contributed by atoms with E-state index in [1.807, 2.05) is 12.1 Å². The predicted octanol–water partition coefficient (Wildman–Crippen LogP) is 2.21. The average Bonchev–Trinajstić information content (AvgIpc) is 2.85. The molecule has 86 valence electrons. The van der Waals surface area contributed by atoms with Crippen LogP contribution in [0.3, 0.4) is 0 Å². The third-order valence-corrected chi connectivity index (χ3v) is 3.52. The third kappa shape index (κ3) is 2.49. The molecule has 0 aliphatic carbocycles. The second-order valence-corrected chi connectivity index (χ2v) is 5.58. The Labute approximate surface area is 105 Å². The number of nitrogens with zero attached hydrogens (tertiary/aromatic N) is 2. The quantitative estimate of drug-likeness (QED) is 0.937. The van der Waals surface area contributed by atoms with E-state index in [9.17, 15) is 0 Å². The van der Waals surface area contributed by atoms with E-state index in [4.69, 9.17) is 15.0 Å². The summed E-state index contributed by atoms with van der Waals surface area (Å²) in [5, 5.41) is 3.87. The van der Waals surface area contributed by atoms with Gasteiger partial charge in [-0.15, -0.1) is 11.3 Å². The fourth-order valence-corrected chi connectivity index (χ4v) is 2.48. The zero-order valence-electron chi connectivity index (χ0n) is 8.51. The summed E-state index contributed by atoms with van der Waals surface area (Å²) in [5.74, 6) is 0.943. The molecule has 0 bridgehead atoms. The summed E-state index contributed by atoms with van der Waals surface area (Å²) in [6.45, 7) is 0.357. The van der Waals surface area contributed by atoms with Crippen molar-refractivity contribution in [2.45, 2.75) is 6.04 Å². The van der Waals surface area contributed by atoms with E-state index < -0.39 is 0 Å². The van der Waals surface area contributed by atoms with Gasteiger partial charge in [0.25, 0.3) is 0 Å². The summed E-state index contributed by atoms with van der Waals surface area (Å²) in [6, 6.07) is 3.48. The Hall–Kier alpha value is -0.760. The first-order valence-electron chi connectivity index (χ1n) is 4.54. The Morgan fingerprint density at radius 3 is 3.06 bits per heavy atom. The minimum atomic E-state index is -0.380. The molecule has 0 saturated carbocycles. The number of ether oxygens (including phenoxy) is 1. The normalized spacial score (nSPS) is 12.9. The minimum absolute atomic E-state index is 0.357. The summed E-state index contributed by atoms with van der Waals surface area (Å²) in [4.78, 5) is 5.16. The van der Waals surface area contributed by atoms with Crippen LogP contribution in [0.25, 0.3) is 10.7 Å². The average molecular weight is 304 g/mol. The van der Waals surface area contributed by atoms with E-state index in [0.29, 0.717) is 18.3 Å². The van der Waals surface area contributed by atoms with Gasteiger partial charge in [0.05, 0.1) is 15.3 Å². The molecular formula is C9H10BrN3O2S. The van der Waals surface area contributed by atoms with Gasteiger partial charge in [-0.2, -0.15) is 4.98 Å². The van der Waals surface area contributed by atoms with Gasteiger partial charge >= 0.3 is 0 Å². The second-order valence-electron chi connectivity index (χ2n) is 3.12. The van der Waals surface area contributed by atoms with Gasteiger partial charge in [-0.05, 0) is 28.1 Å². The van der Waals surface area contributed by atoms with Gasteiger partial charge in [-0.25, -0.2) is 0 Å². The Bertz CT molecular complexity index is 471. The molecule has 7 heteroatoms. The predicted molar refractivity (Wildman–Crippen MR) is 64.1 cm³/mol. The van der Waals surface area contributed by atoms with E-state index in [2.05, 4.69) is 26.1 Å². The molecule has 0 spiro atoms. The molecule has 16 heavy (non-hydrogen) atoms. The zero-order valence-corrected chi connectivity index (χ0v) is 10.9. The highest BCUT2D eigenvalue weighted by Crippen LogP contribution is 2.29. The van der Waals surface area contributed by atoms with Crippen molar-refractivity contribution >= 4 is 27.3 Å². The van der Waals surface area contributed by atoms with Gasteiger partial charge in [0.1, 0.15) is 6.04 Å². The molecule has 0 fully saturated rings. The molecule has 0 saturated heterocycles. The fourth-order valence-electron chi connectivity index (χ4n) is 1.17. The molecule has 2 N–H and O–H groups in total. The molecule has 2 aromatic heterocycles. The third-order valence-electron chi connectivity index (χ3n) is 1.90. The smallest absolute Gasteiger partial charge is 0.246 e. The largest absolute Gasteiger partial charge is 0.383 e. The fraction of sp³-hybridized carbons (Fsp3) is 0.333. The second kappa shape index (κ2) is 5.05. The lowest BCUT2D eigenvalue weighted by atomic mass is 10.3. The molecule has 2 heterocycles. The summed E-state index contributed by atoms with van der Waals surface area (Å²) >= 11 is 4.92. The highest BCUT2D eigenvalue weighted by atomic mass is 79.9. The van der Waals surface area contributed by atoms with Gasteiger partial charge < -0.3 is 15.0 Å². The molecule has 1 unspecified atom stereocenters. The maximum atomic E-state index is 5.78. The van der Waals surface area contributed by atoms with Crippen LogP contribution in [0.15, 0.2) is 20.4 Å². The van der Waals surface area contributed by atoms with Crippen molar-refractivity contribution in [3.63, 3.8) is 0 Å². The molecule has 0 aliphatic rings. The highest BCUT2D eigenvalue weighted by Gasteiger charge is 2.16. The number of rotatable bonds is 4. The maximum Gasteiger partial charge on any atom is 0.246 e. The van der Waals surface area contributed by atoms with Crippen LogP contribution in [0, 0.1) is 0 Å². The van der Waals surface area contributed by atoms with Gasteiger partial charge in [-0.1, -0.05) is 5.16 Å². The summed E-state index contributed by atoms with van der Waals surface area (Å²) < 4.78 is 11.0. The topological polar surface area (TPSA) is 74.2 Å². The van der Waals surface area contributed by atoms with Crippen LogP contribution in [-0.2, 0) is 4.74 Å². The summed E-state index contributed by atoms with van der Waals surface area (Å²) in [5.41, 5.74) is 5.78. The Morgan fingerprint density at radius 1 is 1.62 bits per heavy atom. The molecule has 0 aliphatic heterocycles. The van der Waals surface area contributed by atoms with Crippen LogP contribution in [-0.4, -0.2) is 23.9 Å². The lowest BCUT2D eigenvalue weighted by molar-refractivity contribution is 0.166. The van der Waals surface area contributed by atoms with Gasteiger partial charge in [0.15, 0.2) is 0 Å². The van der Waals surface area contributed by atoms with Crippen molar-refractivity contribution in [3.8, 4) is 10.7 Å². The molecule has 0 aromatic carbocycles. The number of nitrogens with two attached hydrogens (primary N) is 1.